The van der Waals surface area contributed by atoms with E-state index in [1.54, 1.807) is 11.1 Å². The van der Waals surface area contributed by atoms with Crippen LogP contribution in [-0.4, -0.2) is 39.8 Å². The number of anilines is 2. The van der Waals surface area contributed by atoms with E-state index in [2.05, 4.69) is 34.1 Å². The number of para-hydroxylation sites is 1. The largest absolute Gasteiger partial charge is 0.573 e. The Labute approximate surface area is 244 Å². The van der Waals surface area contributed by atoms with Crippen LogP contribution in [0.15, 0.2) is 83.1 Å². The van der Waals surface area contributed by atoms with Crippen LogP contribution in [0.5, 0.6) is 5.75 Å². The number of amides is 1. The number of hydrogen-bond donors (Lipinski definition) is 2. The van der Waals surface area contributed by atoms with Gasteiger partial charge in [0.25, 0.3) is 0 Å². The van der Waals surface area contributed by atoms with Gasteiger partial charge >= 0.3 is 6.36 Å². The maximum absolute atomic E-state index is 12.7. The highest BCUT2D eigenvalue weighted by molar-refractivity contribution is 8.15. The monoisotopic (exact) mass is 592 g/mol. The summed E-state index contributed by atoms with van der Waals surface area (Å²) in [5, 5.41) is 21.4. The number of aryl methyl sites for hydroxylation is 1. The summed E-state index contributed by atoms with van der Waals surface area (Å²) in [6.07, 6.45) is -1.33. The molecule has 0 unspecified atom stereocenters. The smallest absolute Gasteiger partial charge is 0.406 e. The minimum atomic E-state index is -4.78. The number of ether oxygens (including phenoxy) is 1. The van der Waals surface area contributed by atoms with Gasteiger partial charge in [-0.2, -0.15) is 5.10 Å². The van der Waals surface area contributed by atoms with Crippen molar-refractivity contribution in [2.24, 2.45) is 17.3 Å². The Bertz CT molecular complexity index is 1710. The molecule has 42 heavy (non-hydrogen) atoms. The minimum absolute atomic E-state index is 0.0229. The predicted octanol–water partition coefficient (Wildman–Crippen LogP) is 7.11. The summed E-state index contributed by atoms with van der Waals surface area (Å²) in [5.74, 6) is 0.169. The topological polar surface area (TPSA) is 95.1 Å². The first-order valence-electron chi connectivity index (χ1n) is 13.0. The lowest BCUT2D eigenvalue weighted by Crippen LogP contribution is -2.30. The standard InChI is InChI=1S/C30H27F3N6O2S/c1-18(2)22-6-4-5-7-25(22)39-27(40)17-42-29(39)37-35-15-19-8-13-23-24(16-38(3)26(23)14-19)36-28(34)20-9-11-21(12-10-20)41-30(31,32)33/h4-16,18H,17H2,1-3H3,(H2,34,36)/b35-15+,37-29-. The van der Waals surface area contributed by atoms with Crippen molar-refractivity contribution in [3.05, 3.63) is 89.6 Å². The molecule has 0 radical (unpaired) electrons. The number of hydrogen-bond acceptors (Lipinski definition) is 6. The lowest BCUT2D eigenvalue weighted by atomic mass is 10.0. The van der Waals surface area contributed by atoms with Crippen molar-refractivity contribution in [1.29, 1.82) is 5.41 Å². The molecule has 3 aromatic carbocycles. The summed E-state index contributed by atoms with van der Waals surface area (Å²) in [6.45, 7) is 4.17. The molecule has 1 saturated heterocycles. The second-order valence-electron chi connectivity index (χ2n) is 9.86. The molecule has 0 bridgehead atoms. The molecule has 0 spiro atoms. The molecule has 0 atom stereocenters. The number of nitrogens with zero attached hydrogens (tertiary/aromatic N) is 4. The average molecular weight is 593 g/mol. The van der Waals surface area contributed by atoms with Gasteiger partial charge in [-0.1, -0.05) is 55.9 Å². The molecule has 2 N–H and O–H groups in total. The van der Waals surface area contributed by atoms with Gasteiger partial charge in [0.05, 0.1) is 28.9 Å². The first kappa shape index (κ1) is 28.9. The van der Waals surface area contributed by atoms with E-state index in [0.717, 1.165) is 27.7 Å². The van der Waals surface area contributed by atoms with Gasteiger partial charge in [0.2, 0.25) is 5.91 Å². The lowest BCUT2D eigenvalue weighted by Gasteiger charge is -2.20. The molecule has 5 rings (SSSR count). The van der Waals surface area contributed by atoms with E-state index in [1.807, 2.05) is 60.3 Å². The number of alkyl halides is 3. The number of nitrogens with one attached hydrogen (secondary N) is 2. The third-order valence-electron chi connectivity index (χ3n) is 6.57. The van der Waals surface area contributed by atoms with Crippen molar-refractivity contribution >= 4 is 57.2 Å². The first-order chi connectivity index (χ1) is 20.0. The van der Waals surface area contributed by atoms with E-state index in [4.69, 9.17) is 5.41 Å². The normalized spacial score (nSPS) is 15.0. The molecule has 1 aliphatic rings. The number of fused-ring (bicyclic) bond motifs is 1. The van der Waals surface area contributed by atoms with Gasteiger partial charge in [0.15, 0.2) is 5.17 Å². The number of amidine groups is 2. The van der Waals surface area contributed by atoms with Gasteiger partial charge in [-0.25, -0.2) is 0 Å². The highest BCUT2D eigenvalue weighted by atomic mass is 32.2. The number of halogens is 3. The molecule has 12 heteroatoms. The van der Waals surface area contributed by atoms with Crippen molar-refractivity contribution in [3.8, 4) is 5.75 Å². The molecular weight excluding hydrogens is 565 g/mol. The molecular formula is C30H27F3N6O2S. The molecule has 1 fully saturated rings. The van der Waals surface area contributed by atoms with Gasteiger partial charge < -0.3 is 14.6 Å². The first-order valence-corrected chi connectivity index (χ1v) is 14.0. The number of rotatable bonds is 7. The molecule has 216 valence electrons. The van der Waals surface area contributed by atoms with Crippen LogP contribution in [0.1, 0.15) is 36.5 Å². The zero-order valence-electron chi connectivity index (χ0n) is 22.9. The summed E-state index contributed by atoms with van der Waals surface area (Å²) < 4.78 is 43.1. The number of aromatic nitrogens is 1. The molecule has 0 aliphatic carbocycles. The Balaban J connectivity index is 1.32. The van der Waals surface area contributed by atoms with E-state index in [-0.39, 0.29) is 23.4 Å². The quantitative estimate of drug-likeness (QED) is 0.136. The summed E-state index contributed by atoms with van der Waals surface area (Å²) in [4.78, 5) is 14.3. The second kappa shape index (κ2) is 11.7. The Morgan fingerprint density at radius 1 is 1.12 bits per heavy atom. The fourth-order valence-corrected chi connectivity index (χ4v) is 5.42. The third kappa shape index (κ3) is 6.33. The van der Waals surface area contributed by atoms with Crippen molar-refractivity contribution in [2.45, 2.75) is 26.1 Å². The second-order valence-corrected chi connectivity index (χ2v) is 10.8. The molecule has 8 nitrogen and oxygen atoms in total. The van der Waals surface area contributed by atoms with Crippen LogP contribution >= 0.6 is 11.8 Å². The SMILES string of the molecule is CC(C)c1ccccc1N1C(=O)CS/C1=N\N=C\c1ccc2c(NC(=N)c3ccc(OC(F)(F)F)cc3)cn(C)c2c1. The molecule has 1 aromatic heterocycles. The minimum Gasteiger partial charge on any atom is -0.406 e. The Kier molecular flexibility index (Phi) is 8.08. The predicted molar refractivity (Wildman–Crippen MR) is 162 cm³/mol. The van der Waals surface area contributed by atoms with Crippen molar-refractivity contribution in [2.75, 3.05) is 16.0 Å². The van der Waals surface area contributed by atoms with E-state index >= 15 is 0 Å². The number of carbonyl (C=O) groups excluding carboxylic acids is 1. The van der Waals surface area contributed by atoms with Crippen LogP contribution in [0.25, 0.3) is 10.9 Å². The number of carbonyl (C=O) groups is 1. The maximum atomic E-state index is 12.7. The highest BCUT2D eigenvalue weighted by Crippen LogP contribution is 2.33. The number of thioether (sulfide) groups is 1. The van der Waals surface area contributed by atoms with Gasteiger partial charge in [-0.15, -0.1) is 18.3 Å². The Morgan fingerprint density at radius 3 is 2.57 bits per heavy atom. The third-order valence-corrected chi connectivity index (χ3v) is 7.48. The summed E-state index contributed by atoms with van der Waals surface area (Å²) in [5.41, 5.74) is 4.60. The summed E-state index contributed by atoms with van der Waals surface area (Å²) >= 11 is 1.35. The van der Waals surface area contributed by atoms with Crippen molar-refractivity contribution in [1.82, 2.24) is 4.57 Å². The van der Waals surface area contributed by atoms with E-state index in [1.165, 1.54) is 36.0 Å². The van der Waals surface area contributed by atoms with Crippen LogP contribution in [0.2, 0.25) is 0 Å². The van der Waals surface area contributed by atoms with E-state index in [0.29, 0.717) is 22.2 Å². The zero-order chi connectivity index (χ0) is 30.0. The van der Waals surface area contributed by atoms with Crippen molar-refractivity contribution < 1.29 is 22.7 Å². The fourth-order valence-electron chi connectivity index (χ4n) is 4.61. The van der Waals surface area contributed by atoms with Gasteiger partial charge in [-0.3, -0.25) is 15.1 Å². The van der Waals surface area contributed by atoms with Gasteiger partial charge in [-0.05, 0) is 53.4 Å². The van der Waals surface area contributed by atoms with Crippen LogP contribution in [0.4, 0.5) is 24.5 Å². The van der Waals surface area contributed by atoms with Crippen LogP contribution < -0.4 is 15.0 Å². The molecule has 1 aliphatic heterocycles. The van der Waals surface area contributed by atoms with Crippen LogP contribution in [-0.2, 0) is 11.8 Å². The van der Waals surface area contributed by atoms with Crippen LogP contribution in [0.3, 0.4) is 0 Å². The molecule has 1 amide bonds. The van der Waals surface area contributed by atoms with Crippen LogP contribution in [0, 0.1) is 5.41 Å². The van der Waals surface area contributed by atoms with Gasteiger partial charge in [0.1, 0.15) is 11.6 Å². The molecule has 2 heterocycles. The van der Waals surface area contributed by atoms with Crippen molar-refractivity contribution in [3.63, 3.8) is 0 Å². The maximum Gasteiger partial charge on any atom is 0.573 e. The highest BCUT2D eigenvalue weighted by Gasteiger charge is 2.32. The zero-order valence-corrected chi connectivity index (χ0v) is 23.8. The Morgan fingerprint density at radius 2 is 1.86 bits per heavy atom. The van der Waals surface area contributed by atoms with E-state index in [9.17, 15) is 18.0 Å². The lowest BCUT2D eigenvalue weighted by molar-refractivity contribution is -0.274. The Hall–Kier alpha value is -4.58. The van der Waals surface area contributed by atoms with Gasteiger partial charge in [0, 0.05) is 24.2 Å². The van der Waals surface area contributed by atoms with E-state index < -0.39 is 6.36 Å². The summed E-state index contributed by atoms with van der Waals surface area (Å²) in [6, 6.07) is 18.6. The average Bonchev–Trinajstić information content (AvgIpc) is 3.46. The summed E-state index contributed by atoms with van der Waals surface area (Å²) in [7, 11) is 1.87. The molecule has 4 aromatic rings. The number of benzene rings is 3. The fraction of sp³-hybridized carbons (Fsp3) is 0.200. The molecule has 0 saturated carbocycles.